The SMILES string of the molecule is O=C1Nc2nc3ccccc3n2Cc2cncc(c2)-c2ccc(=O)n(n2)Cc2cccc1c2. The zero-order valence-electron chi connectivity index (χ0n) is 17.5. The number of anilines is 1. The van der Waals surface area contributed by atoms with E-state index in [0.29, 0.717) is 23.8 Å². The second kappa shape index (κ2) is 7.52. The Labute approximate surface area is 188 Å². The number of fused-ring (bicyclic) bond motifs is 10. The average Bonchev–Trinajstić information content (AvgIpc) is 3.17. The van der Waals surface area contributed by atoms with E-state index in [2.05, 4.69) is 20.4 Å². The van der Waals surface area contributed by atoms with E-state index in [9.17, 15) is 9.59 Å². The third kappa shape index (κ3) is 3.47. The lowest BCUT2D eigenvalue weighted by molar-refractivity contribution is 0.102. The van der Waals surface area contributed by atoms with E-state index in [1.807, 2.05) is 41.0 Å². The largest absolute Gasteiger partial charge is 0.305 e. The molecule has 4 heterocycles. The molecule has 5 aromatic rings. The van der Waals surface area contributed by atoms with E-state index >= 15 is 0 Å². The van der Waals surface area contributed by atoms with Crippen molar-refractivity contribution in [1.82, 2.24) is 24.3 Å². The van der Waals surface area contributed by atoms with E-state index in [1.54, 1.807) is 36.7 Å². The molecule has 0 spiro atoms. The predicted octanol–water partition coefficient (Wildman–Crippen LogP) is 3.32. The molecule has 2 aromatic carbocycles. The zero-order valence-corrected chi connectivity index (χ0v) is 17.5. The van der Waals surface area contributed by atoms with Crippen molar-refractivity contribution in [2.75, 3.05) is 5.32 Å². The molecule has 1 aliphatic heterocycles. The van der Waals surface area contributed by atoms with Gasteiger partial charge in [-0.15, -0.1) is 0 Å². The van der Waals surface area contributed by atoms with Crippen LogP contribution in [0.4, 0.5) is 5.95 Å². The quantitative estimate of drug-likeness (QED) is 0.404. The normalized spacial score (nSPS) is 13.0. The molecule has 160 valence electrons. The summed E-state index contributed by atoms with van der Waals surface area (Å²) in [7, 11) is 0. The summed E-state index contributed by atoms with van der Waals surface area (Å²) in [5.74, 6) is 0.186. The monoisotopic (exact) mass is 434 g/mol. The number of pyridine rings is 1. The van der Waals surface area contributed by atoms with Crippen LogP contribution in [0, 0.1) is 0 Å². The summed E-state index contributed by atoms with van der Waals surface area (Å²) in [6.45, 7) is 0.704. The molecule has 1 aliphatic rings. The van der Waals surface area contributed by atoms with Gasteiger partial charge in [0, 0.05) is 29.6 Å². The fourth-order valence-electron chi connectivity index (χ4n) is 4.10. The number of para-hydroxylation sites is 2. The Morgan fingerprint density at radius 3 is 2.64 bits per heavy atom. The first-order chi connectivity index (χ1) is 16.1. The van der Waals surface area contributed by atoms with Gasteiger partial charge in [0.05, 0.1) is 29.8 Å². The first-order valence-corrected chi connectivity index (χ1v) is 10.5. The first-order valence-electron chi connectivity index (χ1n) is 10.5. The minimum Gasteiger partial charge on any atom is -0.305 e. The highest BCUT2D eigenvalue weighted by molar-refractivity contribution is 6.04. The molecule has 1 amide bonds. The lowest BCUT2D eigenvalue weighted by atomic mass is 10.1. The molecule has 6 rings (SSSR count). The Morgan fingerprint density at radius 2 is 1.70 bits per heavy atom. The van der Waals surface area contributed by atoms with Crippen molar-refractivity contribution in [3.8, 4) is 11.3 Å². The van der Waals surface area contributed by atoms with Gasteiger partial charge in [0.2, 0.25) is 5.95 Å². The van der Waals surface area contributed by atoms with Gasteiger partial charge in [0.25, 0.3) is 11.5 Å². The Hall–Kier alpha value is -4.59. The van der Waals surface area contributed by atoms with Crippen molar-refractivity contribution >= 4 is 22.9 Å². The summed E-state index contributed by atoms with van der Waals surface area (Å²) in [4.78, 5) is 34.6. The fourth-order valence-corrected chi connectivity index (χ4v) is 4.10. The summed E-state index contributed by atoms with van der Waals surface area (Å²) >= 11 is 0. The lowest BCUT2D eigenvalue weighted by Gasteiger charge is -2.11. The first kappa shape index (κ1) is 19.1. The maximum atomic E-state index is 13.1. The Bertz CT molecular complexity index is 1600. The van der Waals surface area contributed by atoms with Crippen LogP contribution in [-0.2, 0) is 13.1 Å². The highest BCUT2D eigenvalue weighted by atomic mass is 16.2. The van der Waals surface area contributed by atoms with Crippen molar-refractivity contribution in [3.63, 3.8) is 0 Å². The van der Waals surface area contributed by atoms with Gasteiger partial charge in [0.1, 0.15) is 0 Å². The number of nitrogens with one attached hydrogen (secondary N) is 1. The number of imidazole rings is 1. The number of rotatable bonds is 0. The summed E-state index contributed by atoms with van der Waals surface area (Å²) in [6.07, 6.45) is 3.51. The summed E-state index contributed by atoms with van der Waals surface area (Å²) in [6, 6.07) is 20.1. The minimum absolute atomic E-state index is 0.214. The standard InChI is InChI=1S/C25H18N6O2/c32-23-9-8-20-19-11-17(12-26-13-19)14-30-22-7-2-1-6-21(22)27-25(30)28-24(33)18-5-3-4-16(10-18)15-31(23)29-20/h1-13H,14-15H2,(H,27,28,33). The number of aromatic nitrogens is 5. The van der Waals surface area contributed by atoms with Crippen LogP contribution in [0.15, 0.2) is 83.9 Å². The van der Waals surface area contributed by atoms with Gasteiger partial charge in [-0.3, -0.25) is 19.9 Å². The van der Waals surface area contributed by atoms with Crippen LogP contribution < -0.4 is 10.9 Å². The van der Waals surface area contributed by atoms with Crippen molar-refractivity contribution in [2.24, 2.45) is 0 Å². The molecule has 1 N–H and O–H groups in total. The molecule has 6 bridgehead atoms. The molecular weight excluding hydrogens is 416 g/mol. The minimum atomic E-state index is -0.274. The van der Waals surface area contributed by atoms with Gasteiger partial charge in [0.15, 0.2) is 0 Å². The highest BCUT2D eigenvalue weighted by Crippen LogP contribution is 2.24. The molecule has 8 nitrogen and oxygen atoms in total. The number of hydrogen-bond acceptors (Lipinski definition) is 5. The Kier molecular flexibility index (Phi) is 4.36. The summed E-state index contributed by atoms with van der Waals surface area (Å²) in [5.41, 5.74) is 5.13. The molecule has 0 saturated heterocycles. The van der Waals surface area contributed by atoms with Crippen LogP contribution in [0.3, 0.4) is 0 Å². The second-order valence-corrected chi connectivity index (χ2v) is 7.96. The average molecular weight is 434 g/mol. The zero-order chi connectivity index (χ0) is 22.4. The molecule has 3 aromatic heterocycles. The van der Waals surface area contributed by atoms with Gasteiger partial charge in [-0.1, -0.05) is 24.3 Å². The number of hydrogen-bond donors (Lipinski definition) is 1. The second-order valence-electron chi connectivity index (χ2n) is 7.96. The Balaban J connectivity index is 1.58. The molecule has 33 heavy (non-hydrogen) atoms. The van der Waals surface area contributed by atoms with E-state index in [0.717, 1.165) is 27.7 Å². The maximum absolute atomic E-state index is 13.1. The molecule has 0 saturated carbocycles. The summed E-state index contributed by atoms with van der Waals surface area (Å²) < 4.78 is 3.36. The van der Waals surface area contributed by atoms with E-state index in [1.165, 1.54) is 10.7 Å². The van der Waals surface area contributed by atoms with Crippen molar-refractivity contribution < 1.29 is 4.79 Å². The van der Waals surface area contributed by atoms with Crippen LogP contribution in [0.25, 0.3) is 22.3 Å². The molecule has 0 fully saturated rings. The number of carbonyl (C=O) groups excluding carboxylic acids is 1. The molecule has 0 radical (unpaired) electrons. The van der Waals surface area contributed by atoms with E-state index < -0.39 is 0 Å². The van der Waals surface area contributed by atoms with Crippen molar-refractivity contribution in [3.05, 3.63) is 106 Å². The third-order valence-corrected chi connectivity index (χ3v) is 5.70. The van der Waals surface area contributed by atoms with Gasteiger partial charge < -0.3 is 4.57 Å². The number of carbonyl (C=O) groups is 1. The van der Waals surface area contributed by atoms with Gasteiger partial charge in [-0.25, -0.2) is 9.67 Å². The van der Waals surface area contributed by atoms with Crippen molar-refractivity contribution in [2.45, 2.75) is 13.1 Å². The van der Waals surface area contributed by atoms with Gasteiger partial charge >= 0.3 is 0 Å². The van der Waals surface area contributed by atoms with Crippen LogP contribution in [-0.4, -0.2) is 30.2 Å². The Morgan fingerprint density at radius 1 is 0.818 bits per heavy atom. The van der Waals surface area contributed by atoms with Gasteiger partial charge in [-0.2, -0.15) is 5.10 Å². The topological polar surface area (TPSA) is 94.7 Å². The predicted molar refractivity (Wildman–Crippen MR) is 124 cm³/mol. The van der Waals surface area contributed by atoms with E-state index in [4.69, 9.17) is 0 Å². The van der Waals surface area contributed by atoms with Crippen LogP contribution >= 0.6 is 0 Å². The number of benzene rings is 2. The smallest absolute Gasteiger partial charge is 0.267 e. The molecule has 0 unspecified atom stereocenters. The molecule has 8 heteroatoms. The van der Waals surface area contributed by atoms with Crippen LogP contribution in [0.2, 0.25) is 0 Å². The van der Waals surface area contributed by atoms with Gasteiger partial charge in [-0.05, 0) is 47.5 Å². The number of nitrogens with zero attached hydrogens (tertiary/aromatic N) is 5. The number of amides is 1. The summed E-state index contributed by atoms with van der Waals surface area (Å²) in [5, 5.41) is 7.52. The lowest BCUT2D eigenvalue weighted by Crippen LogP contribution is -2.23. The van der Waals surface area contributed by atoms with Crippen molar-refractivity contribution in [1.29, 1.82) is 0 Å². The highest BCUT2D eigenvalue weighted by Gasteiger charge is 2.16. The molecular formula is C25H18N6O2. The molecule has 0 atom stereocenters. The molecule has 0 aliphatic carbocycles. The fraction of sp³-hybridized carbons (Fsp3) is 0.0800. The van der Waals surface area contributed by atoms with Crippen LogP contribution in [0.5, 0.6) is 0 Å². The maximum Gasteiger partial charge on any atom is 0.267 e. The van der Waals surface area contributed by atoms with Crippen LogP contribution in [0.1, 0.15) is 21.5 Å². The van der Waals surface area contributed by atoms with E-state index in [-0.39, 0.29) is 18.0 Å². The third-order valence-electron chi connectivity index (χ3n) is 5.70.